The second-order valence-corrected chi connectivity index (χ2v) is 9.32. The zero-order valence-electron chi connectivity index (χ0n) is 10.8. The van der Waals surface area contributed by atoms with E-state index in [1.807, 2.05) is 0 Å². The second-order valence-electron chi connectivity index (χ2n) is 6.91. The first-order valence-corrected chi connectivity index (χ1v) is 7.92. The van der Waals surface area contributed by atoms with Crippen LogP contribution in [0.15, 0.2) is 0 Å². The van der Waals surface area contributed by atoms with E-state index in [9.17, 15) is 8.42 Å². The highest BCUT2D eigenvalue weighted by Gasteiger charge is 2.64. The minimum Gasteiger partial charge on any atom is -0.310 e. The summed E-state index contributed by atoms with van der Waals surface area (Å²) in [7, 11) is -2.94. The van der Waals surface area contributed by atoms with Crippen LogP contribution in [0.2, 0.25) is 0 Å². The van der Waals surface area contributed by atoms with Crippen molar-refractivity contribution in [2.45, 2.75) is 56.7 Å². The van der Waals surface area contributed by atoms with Gasteiger partial charge in [0.05, 0.1) is 4.75 Å². The van der Waals surface area contributed by atoms with Gasteiger partial charge in [0.25, 0.3) is 0 Å². The molecule has 0 aromatic carbocycles. The van der Waals surface area contributed by atoms with E-state index in [-0.39, 0.29) is 5.54 Å². The Morgan fingerprint density at radius 3 is 2.00 bits per heavy atom. The minimum absolute atomic E-state index is 0.00993. The molecule has 2 rings (SSSR count). The van der Waals surface area contributed by atoms with Crippen LogP contribution in [0.4, 0.5) is 0 Å². The number of hydrogen-bond donors (Lipinski definition) is 1. The van der Waals surface area contributed by atoms with Crippen molar-refractivity contribution in [3.63, 3.8) is 0 Å². The van der Waals surface area contributed by atoms with Crippen LogP contribution in [0.25, 0.3) is 0 Å². The summed E-state index contributed by atoms with van der Waals surface area (Å²) in [6.07, 6.45) is 5.62. The van der Waals surface area contributed by atoms with E-state index in [2.05, 4.69) is 26.1 Å². The van der Waals surface area contributed by atoms with E-state index >= 15 is 0 Å². The van der Waals surface area contributed by atoms with Crippen molar-refractivity contribution in [2.75, 3.05) is 12.8 Å². The monoisotopic (exact) mass is 245 g/mol. The Kier molecular flexibility index (Phi) is 2.49. The Morgan fingerprint density at radius 2 is 1.69 bits per heavy atom. The van der Waals surface area contributed by atoms with Crippen molar-refractivity contribution in [2.24, 2.45) is 5.41 Å². The smallest absolute Gasteiger partial charge is 0.154 e. The van der Waals surface area contributed by atoms with Crippen molar-refractivity contribution >= 4 is 9.84 Å². The van der Waals surface area contributed by atoms with Crippen molar-refractivity contribution in [3.05, 3.63) is 0 Å². The summed E-state index contributed by atoms with van der Waals surface area (Å²) < 4.78 is 23.4. The highest BCUT2D eigenvalue weighted by Crippen LogP contribution is 2.66. The van der Waals surface area contributed by atoms with Gasteiger partial charge in [-0.15, -0.1) is 0 Å². The van der Waals surface area contributed by atoms with Gasteiger partial charge in [-0.3, -0.25) is 0 Å². The SMILES string of the molecule is CC(C)(C)NCC1(S(C)(=O)=O)CC2(CC2)C1. The van der Waals surface area contributed by atoms with Gasteiger partial charge < -0.3 is 5.32 Å². The lowest BCUT2D eigenvalue weighted by atomic mass is 9.70. The average molecular weight is 245 g/mol. The molecule has 0 aromatic rings. The van der Waals surface area contributed by atoms with Crippen LogP contribution in [-0.2, 0) is 9.84 Å². The summed E-state index contributed by atoms with van der Waals surface area (Å²) >= 11 is 0. The van der Waals surface area contributed by atoms with Gasteiger partial charge in [-0.1, -0.05) is 0 Å². The molecule has 2 aliphatic carbocycles. The highest BCUT2D eigenvalue weighted by atomic mass is 32.2. The van der Waals surface area contributed by atoms with E-state index < -0.39 is 14.6 Å². The molecular weight excluding hydrogens is 222 g/mol. The van der Waals surface area contributed by atoms with E-state index in [4.69, 9.17) is 0 Å². The first-order valence-electron chi connectivity index (χ1n) is 6.02. The second kappa shape index (κ2) is 3.22. The van der Waals surface area contributed by atoms with Crippen molar-refractivity contribution in [1.29, 1.82) is 0 Å². The summed E-state index contributed by atoms with van der Waals surface area (Å²) in [6.45, 7) is 6.84. The summed E-state index contributed by atoms with van der Waals surface area (Å²) in [4.78, 5) is 0. The highest BCUT2D eigenvalue weighted by molar-refractivity contribution is 7.92. The normalized spacial score (nSPS) is 26.5. The van der Waals surface area contributed by atoms with Gasteiger partial charge in [-0.2, -0.15) is 0 Å². The van der Waals surface area contributed by atoms with Gasteiger partial charge >= 0.3 is 0 Å². The summed E-state index contributed by atoms with van der Waals surface area (Å²) in [5.74, 6) is 0. The van der Waals surface area contributed by atoms with E-state index in [0.717, 1.165) is 12.8 Å². The Labute approximate surface area is 98.9 Å². The maximum absolute atomic E-state index is 11.9. The minimum atomic E-state index is -2.94. The van der Waals surface area contributed by atoms with Crippen LogP contribution >= 0.6 is 0 Å². The zero-order valence-corrected chi connectivity index (χ0v) is 11.6. The molecule has 4 heteroatoms. The topological polar surface area (TPSA) is 46.2 Å². The maximum atomic E-state index is 11.9. The fourth-order valence-corrected chi connectivity index (χ4v) is 4.26. The average Bonchev–Trinajstić information content (AvgIpc) is 2.72. The van der Waals surface area contributed by atoms with Crippen LogP contribution in [0.3, 0.4) is 0 Å². The Bertz CT molecular complexity index is 380. The van der Waals surface area contributed by atoms with E-state index in [0.29, 0.717) is 12.0 Å². The third-order valence-electron chi connectivity index (χ3n) is 4.08. The molecule has 3 nitrogen and oxygen atoms in total. The van der Waals surface area contributed by atoms with Gasteiger partial charge in [-0.25, -0.2) is 8.42 Å². The zero-order chi connectivity index (χ0) is 12.2. The molecule has 1 spiro atoms. The van der Waals surface area contributed by atoms with Gasteiger partial charge in [0.2, 0.25) is 0 Å². The number of rotatable bonds is 3. The molecule has 0 aromatic heterocycles. The van der Waals surface area contributed by atoms with Crippen LogP contribution in [0.1, 0.15) is 46.5 Å². The lowest BCUT2D eigenvalue weighted by Gasteiger charge is -2.48. The first kappa shape index (κ1) is 12.4. The summed E-state index contributed by atoms with van der Waals surface area (Å²) in [6, 6.07) is 0. The van der Waals surface area contributed by atoms with Gasteiger partial charge in [-0.05, 0) is 51.9 Å². The molecule has 94 valence electrons. The summed E-state index contributed by atoms with van der Waals surface area (Å²) in [5, 5.41) is 3.36. The van der Waals surface area contributed by atoms with Crippen LogP contribution in [0, 0.1) is 5.41 Å². The van der Waals surface area contributed by atoms with E-state index in [1.165, 1.54) is 19.1 Å². The molecule has 0 radical (unpaired) electrons. The van der Waals surface area contributed by atoms with Crippen LogP contribution < -0.4 is 5.32 Å². The molecule has 0 heterocycles. The third-order valence-corrected chi connectivity index (χ3v) is 6.09. The number of hydrogen-bond acceptors (Lipinski definition) is 3. The standard InChI is InChI=1S/C12H23NO2S/c1-10(2,3)13-9-12(16(4,14)15)7-11(8-12)5-6-11/h13H,5-9H2,1-4H3. The first-order chi connectivity index (χ1) is 7.08. The largest absolute Gasteiger partial charge is 0.310 e. The molecular formula is C12H23NO2S. The maximum Gasteiger partial charge on any atom is 0.154 e. The molecule has 0 saturated heterocycles. The van der Waals surface area contributed by atoms with Crippen molar-refractivity contribution in [3.8, 4) is 0 Å². The Hall–Kier alpha value is -0.0900. The van der Waals surface area contributed by atoms with Gasteiger partial charge in [0.1, 0.15) is 0 Å². The van der Waals surface area contributed by atoms with Gasteiger partial charge in [0.15, 0.2) is 9.84 Å². The summed E-state index contributed by atoms with van der Waals surface area (Å²) in [5.41, 5.74) is 0.409. The lowest BCUT2D eigenvalue weighted by molar-refractivity contribution is 0.178. The predicted octanol–water partition coefficient (Wildman–Crippen LogP) is 1.73. The van der Waals surface area contributed by atoms with Crippen molar-refractivity contribution in [1.82, 2.24) is 5.32 Å². The molecule has 2 fully saturated rings. The molecule has 0 amide bonds. The fraction of sp³-hybridized carbons (Fsp3) is 1.00. The van der Waals surface area contributed by atoms with E-state index in [1.54, 1.807) is 0 Å². The van der Waals surface area contributed by atoms with Crippen LogP contribution in [0.5, 0.6) is 0 Å². The molecule has 2 aliphatic rings. The molecule has 0 atom stereocenters. The lowest BCUT2D eigenvalue weighted by Crippen LogP contribution is -2.59. The molecule has 2 saturated carbocycles. The predicted molar refractivity (Wildman–Crippen MR) is 66.2 cm³/mol. The molecule has 16 heavy (non-hydrogen) atoms. The van der Waals surface area contributed by atoms with Gasteiger partial charge in [0, 0.05) is 18.3 Å². The number of nitrogens with one attached hydrogen (secondary N) is 1. The molecule has 0 unspecified atom stereocenters. The molecule has 0 aliphatic heterocycles. The quantitative estimate of drug-likeness (QED) is 0.823. The van der Waals surface area contributed by atoms with Crippen LogP contribution in [-0.4, -0.2) is 31.5 Å². The third kappa shape index (κ3) is 2.14. The Balaban J connectivity index is 2.06. The molecule has 1 N–H and O–H groups in total. The molecule has 0 bridgehead atoms. The van der Waals surface area contributed by atoms with Crippen molar-refractivity contribution < 1.29 is 8.42 Å². The Morgan fingerprint density at radius 1 is 1.19 bits per heavy atom. The number of sulfone groups is 1. The fourth-order valence-electron chi connectivity index (χ4n) is 2.79.